The van der Waals surface area contributed by atoms with E-state index in [1.807, 2.05) is 65.8 Å². The van der Waals surface area contributed by atoms with E-state index in [0.717, 1.165) is 38.0 Å². The van der Waals surface area contributed by atoms with Crippen molar-refractivity contribution in [2.75, 3.05) is 76.5 Å². The zero-order chi connectivity index (χ0) is 78.6. The number of rotatable bonds is 14. The van der Waals surface area contributed by atoms with E-state index in [1.165, 1.54) is 106 Å². The number of likely N-dealkylation sites (N-methyl/N-ethyl adjacent to an activating group) is 8. The van der Waals surface area contributed by atoms with Crippen LogP contribution in [0.15, 0.2) is 66.7 Å². The number of fused-ring (bicyclic) bond motifs is 1. The Morgan fingerprint density at radius 1 is 0.629 bits per heavy atom. The number of benzene rings is 3. The van der Waals surface area contributed by atoms with Gasteiger partial charge in [-0.2, -0.15) is 13.2 Å². The molecule has 0 unspecified atom stereocenters. The van der Waals surface area contributed by atoms with Crippen molar-refractivity contribution in [2.45, 2.75) is 212 Å². The number of halogens is 4. The molecule has 1 aliphatic carbocycles. The maximum Gasteiger partial charge on any atom is 0.417 e. The van der Waals surface area contributed by atoms with Crippen molar-refractivity contribution in [3.63, 3.8) is 0 Å². The van der Waals surface area contributed by atoms with Crippen LogP contribution in [0.3, 0.4) is 0 Å². The Labute approximate surface area is 621 Å². The number of hydrogen-bond donors (Lipinski definition) is 3. The van der Waals surface area contributed by atoms with Crippen LogP contribution < -0.4 is 16.0 Å². The van der Waals surface area contributed by atoms with Crippen LogP contribution in [-0.2, 0) is 83.0 Å². The largest absolute Gasteiger partial charge is 0.417 e. The van der Waals surface area contributed by atoms with Gasteiger partial charge in [0.25, 0.3) is 0 Å². The van der Waals surface area contributed by atoms with E-state index in [4.69, 9.17) is 11.6 Å². The third-order valence-electron chi connectivity index (χ3n) is 21.6. The van der Waals surface area contributed by atoms with E-state index >= 15 is 24.0 Å². The molecular weight excluding hydrogens is 1380 g/mol. The van der Waals surface area contributed by atoms with Gasteiger partial charge in [0.2, 0.25) is 70.9 Å². The number of aryl methyl sites for hydroxylation is 3. The molecule has 3 aliphatic rings. The molecule has 12 amide bonds. The molecule has 3 fully saturated rings. The van der Waals surface area contributed by atoms with Crippen LogP contribution in [0.2, 0.25) is 5.02 Å². The lowest BCUT2D eigenvalue weighted by molar-refractivity contribution is -0.160. The lowest BCUT2D eigenvalue weighted by atomic mass is 9.90. The molecule has 11 atom stereocenters. The minimum atomic E-state index is -4.79. The summed E-state index contributed by atoms with van der Waals surface area (Å²) >= 11 is 6.20. The topological polar surface area (TPSA) is 270 Å². The summed E-state index contributed by atoms with van der Waals surface area (Å²) in [5.41, 5.74) is 0.481. The fourth-order valence-electron chi connectivity index (χ4n) is 14.0. The lowest BCUT2D eigenvalue weighted by Crippen LogP contribution is -2.65. The van der Waals surface area contributed by atoms with Gasteiger partial charge in [-0.05, 0) is 106 Å². The van der Waals surface area contributed by atoms with Crippen molar-refractivity contribution >= 4 is 82.5 Å². The Hall–Kier alpha value is -8.62. The highest BCUT2D eigenvalue weighted by atomic mass is 35.5. The molecular formula is C77H110ClF3N12O12. The molecule has 2 aliphatic heterocycles. The van der Waals surface area contributed by atoms with Crippen molar-refractivity contribution in [1.29, 1.82) is 0 Å². The molecule has 2 heterocycles. The van der Waals surface area contributed by atoms with E-state index in [0.29, 0.717) is 36.8 Å². The summed E-state index contributed by atoms with van der Waals surface area (Å²) in [6.45, 7) is 15.5. The van der Waals surface area contributed by atoms with Gasteiger partial charge in [-0.25, -0.2) is 0 Å². The second-order valence-electron chi connectivity index (χ2n) is 29.9. The summed E-state index contributed by atoms with van der Waals surface area (Å²) in [5, 5.41) is 8.10. The van der Waals surface area contributed by atoms with E-state index in [1.54, 1.807) is 38.1 Å². The average Bonchev–Trinajstić information content (AvgIpc) is 1.71. The summed E-state index contributed by atoms with van der Waals surface area (Å²) in [7, 11) is 12.6. The average molecular weight is 1490 g/mol. The summed E-state index contributed by atoms with van der Waals surface area (Å²) in [4.78, 5) is 192. The van der Waals surface area contributed by atoms with Gasteiger partial charge < -0.3 is 60.0 Å². The third-order valence-corrected chi connectivity index (χ3v) is 21.9. The van der Waals surface area contributed by atoms with Crippen LogP contribution in [0.4, 0.5) is 13.2 Å². The number of hydrogen-bond acceptors (Lipinski definition) is 12. The first-order chi connectivity index (χ1) is 49.1. The molecule has 1 saturated carbocycles. The Bertz CT molecular complexity index is 3650. The molecule has 578 valence electrons. The van der Waals surface area contributed by atoms with E-state index in [9.17, 15) is 46.7 Å². The Morgan fingerprint density at radius 3 is 1.68 bits per heavy atom. The maximum absolute atomic E-state index is 15.7. The first kappa shape index (κ1) is 85.3. The minimum absolute atomic E-state index is 0.0634. The fraction of sp³-hybridized carbons (Fsp3) is 0.610. The van der Waals surface area contributed by atoms with E-state index in [-0.39, 0.29) is 69.4 Å². The van der Waals surface area contributed by atoms with Crippen molar-refractivity contribution in [1.82, 2.24) is 60.0 Å². The monoisotopic (exact) mass is 1490 g/mol. The molecule has 2 saturated heterocycles. The smallest absolute Gasteiger partial charge is 0.347 e. The van der Waals surface area contributed by atoms with Gasteiger partial charge in [-0.15, -0.1) is 0 Å². The molecule has 0 bridgehead atoms. The van der Waals surface area contributed by atoms with E-state index < -0.39 is 172 Å². The summed E-state index contributed by atoms with van der Waals surface area (Å²) in [6, 6.07) is 5.60. The molecule has 0 radical (unpaired) electrons. The molecule has 3 aromatic rings. The predicted octanol–water partition coefficient (Wildman–Crippen LogP) is 6.46. The van der Waals surface area contributed by atoms with Crippen LogP contribution in [0.25, 0.3) is 0 Å². The van der Waals surface area contributed by atoms with Gasteiger partial charge in [0, 0.05) is 82.8 Å². The van der Waals surface area contributed by atoms with Crippen LogP contribution >= 0.6 is 11.6 Å². The molecule has 3 aromatic carbocycles. The van der Waals surface area contributed by atoms with Gasteiger partial charge in [-0.3, -0.25) is 57.5 Å². The van der Waals surface area contributed by atoms with Crippen molar-refractivity contribution < 1.29 is 70.7 Å². The van der Waals surface area contributed by atoms with Gasteiger partial charge >= 0.3 is 6.18 Å². The summed E-state index contributed by atoms with van der Waals surface area (Å²) in [5.74, 6) is -9.89. The highest BCUT2D eigenvalue weighted by molar-refractivity contribution is 6.31. The molecule has 0 aromatic heterocycles. The zero-order valence-electron chi connectivity index (χ0n) is 64.3. The Morgan fingerprint density at radius 2 is 1.17 bits per heavy atom. The number of amides is 12. The Kier molecular flexibility index (Phi) is 29.7. The molecule has 3 N–H and O–H groups in total. The minimum Gasteiger partial charge on any atom is -0.347 e. The number of carbonyl (C=O) groups is 12. The Balaban J connectivity index is 1.51. The number of nitrogens with one attached hydrogen (secondary N) is 3. The van der Waals surface area contributed by atoms with E-state index in [2.05, 4.69) is 16.0 Å². The second-order valence-corrected chi connectivity index (χ2v) is 30.3. The van der Waals surface area contributed by atoms with Crippen molar-refractivity contribution in [3.8, 4) is 0 Å². The van der Waals surface area contributed by atoms with Gasteiger partial charge in [0.05, 0.1) is 23.6 Å². The molecule has 6 rings (SSSR count). The molecule has 105 heavy (non-hydrogen) atoms. The van der Waals surface area contributed by atoms with Crippen molar-refractivity contribution in [3.05, 3.63) is 105 Å². The van der Waals surface area contributed by atoms with Crippen LogP contribution in [-0.4, -0.2) is 251 Å². The predicted molar refractivity (Wildman–Crippen MR) is 392 cm³/mol. The zero-order valence-corrected chi connectivity index (χ0v) is 65.1. The third kappa shape index (κ3) is 20.7. The first-order valence-electron chi connectivity index (χ1n) is 36.4. The van der Waals surface area contributed by atoms with Crippen LogP contribution in [0.5, 0.6) is 0 Å². The molecule has 28 heteroatoms. The van der Waals surface area contributed by atoms with Gasteiger partial charge in [-0.1, -0.05) is 145 Å². The fourth-order valence-corrected chi connectivity index (χ4v) is 14.3. The van der Waals surface area contributed by atoms with Crippen molar-refractivity contribution in [2.24, 2.45) is 17.8 Å². The van der Waals surface area contributed by atoms with Gasteiger partial charge in [0.1, 0.15) is 59.9 Å². The second kappa shape index (κ2) is 36.6. The normalized spacial score (nSPS) is 24.8. The number of alkyl halides is 3. The summed E-state index contributed by atoms with van der Waals surface area (Å²) < 4.78 is 42.0. The maximum atomic E-state index is 15.7. The lowest BCUT2D eigenvalue weighted by Gasteiger charge is -2.45. The molecule has 24 nitrogen and oxygen atoms in total. The SMILES string of the molecule is CC[C@H](C)[C@@H]1NC(=O)[C@H](CC(C)C)N(C)C(=O)C[C@@H](C(=O)N(C)C)N(C)C(=O)[C@H]([C@@H](C)CC)N(C)C(=O)C2(CCCC2)NC(=O)[C@H](Cc2ccc(C)cc2)N(C)C(=O)[C@H](CCc2ccc(C(F)(F)F)c(Cl)c2)NC(=O)CN(C)C(=O)[C@H](Cc2ccc(C)cc2)N(C)C(=O)[C@@H]2CCN2C(=O)[C@H](C)N(C)C1=O. The highest BCUT2D eigenvalue weighted by Crippen LogP contribution is 2.37. The quantitative estimate of drug-likeness (QED) is 0.157. The number of carbonyl (C=O) groups excluding carboxylic acids is 12. The number of nitrogens with zero attached hydrogens (tertiary/aromatic N) is 9. The van der Waals surface area contributed by atoms with Crippen LogP contribution in [0, 0.1) is 31.6 Å². The summed E-state index contributed by atoms with van der Waals surface area (Å²) in [6.07, 6.45) is -3.98. The van der Waals surface area contributed by atoms with Crippen LogP contribution in [0.1, 0.15) is 146 Å². The highest BCUT2D eigenvalue weighted by Gasteiger charge is 2.51. The first-order valence-corrected chi connectivity index (χ1v) is 36.7. The standard InChI is InChI=1S/C77H110ClF3N12O12/c1-19-48(7)64-73(103)87(13)50(9)68(98)93-38-35-57(93)72(102)90(16)60(42-53-29-25-47(6)26-30-53)71(101)86(12)44-62(94)82-56(34-32-51-31-33-54(55(78)40-51)77(79,80)81)69(99)89(15)59(41-52-27-23-46(5)24-28-52)67(97)84-76(36-21-22-37-76)75(105)92(18)65(49(8)20-2)74(104)91(17)61(70(100)85(10)11)43-63(95)88(14)58(39-45(3)4)66(96)83-64/h23-31,33,40,45,48-50,56-61,64-65H,19-22,32,34-39,41-44H2,1-18H3,(H,82,94)(H,83,96)(H,84,97)/t48-,49-,50-,56-,57-,58-,59-,60-,61-,64-,65-/m0/s1. The molecule has 1 spiro atoms. The van der Waals surface area contributed by atoms with Gasteiger partial charge in [0.15, 0.2) is 0 Å².